The molecule has 0 saturated carbocycles. The van der Waals surface area contributed by atoms with E-state index in [1.807, 2.05) is 43.3 Å². The molecule has 6 nitrogen and oxygen atoms in total. The average Bonchev–Trinajstić information content (AvgIpc) is 2.82. The summed E-state index contributed by atoms with van der Waals surface area (Å²) < 4.78 is 17.3. The number of hydrogen-bond donors (Lipinski definition) is 1. The molecule has 7 heteroatoms. The van der Waals surface area contributed by atoms with Crippen molar-refractivity contribution >= 4 is 23.6 Å². The Hall–Kier alpha value is -3.95. The molecule has 0 aliphatic carbocycles. The van der Waals surface area contributed by atoms with Gasteiger partial charge < -0.3 is 19.3 Å². The van der Waals surface area contributed by atoms with Crippen LogP contribution in [0.3, 0.4) is 0 Å². The van der Waals surface area contributed by atoms with Crippen molar-refractivity contribution in [2.75, 3.05) is 13.2 Å². The molecule has 1 N–H and O–H groups in total. The van der Waals surface area contributed by atoms with Crippen molar-refractivity contribution in [1.29, 1.82) is 5.26 Å². The fourth-order valence-corrected chi connectivity index (χ4v) is 3.79. The van der Waals surface area contributed by atoms with E-state index in [1.54, 1.807) is 24.3 Å². The number of carboxylic acid groups (broad SMARTS) is 1. The van der Waals surface area contributed by atoms with Gasteiger partial charge in [0.05, 0.1) is 5.02 Å². The maximum atomic E-state index is 11.0. The van der Waals surface area contributed by atoms with Crippen LogP contribution in [0.4, 0.5) is 0 Å². The summed E-state index contributed by atoms with van der Waals surface area (Å²) in [4.78, 5) is 11.0. The quantitative estimate of drug-likeness (QED) is 0.376. The van der Waals surface area contributed by atoms with E-state index >= 15 is 0 Å². The van der Waals surface area contributed by atoms with Crippen LogP contribution in [0.1, 0.15) is 16.7 Å². The fourth-order valence-electron chi connectivity index (χ4n) is 3.55. The van der Waals surface area contributed by atoms with Crippen molar-refractivity contribution in [3.05, 3.63) is 81.9 Å². The van der Waals surface area contributed by atoms with E-state index in [1.165, 1.54) is 6.08 Å². The Labute approximate surface area is 196 Å². The molecule has 0 unspecified atom stereocenters. The van der Waals surface area contributed by atoms with E-state index in [0.29, 0.717) is 36.2 Å². The molecule has 3 aromatic rings. The minimum Gasteiger partial charge on any atom is -0.487 e. The summed E-state index contributed by atoms with van der Waals surface area (Å²) in [6.07, 6.45) is 1.26. The summed E-state index contributed by atoms with van der Waals surface area (Å²) in [5, 5.41) is 18.2. The van der Waals surface area contributed by atoms with Gasteiger partial charge in [-0.25, -0.2) is 4.79 Å². The zero-order chi connectivity index (χ0) is 23.4. The van der Waals surface area contributed by atoms with E-state index in [9.17, 15) is 4.79 Å². The molecule has 4 rings (SSSR count). The first kappa shape index (κ1) is 22.3. The zero-order valence-corrected chi connectivity index (χ0v) is 18.6. The molecule has 0 saturated heterocycles. The molecule has 33 heavy (non-hydrogen) atoms. The Morgan fingerprint density at radius 1 is 1.15 bits per heavy atom. The summed E-state index contributed by atoms with van der Waals surface area (Å²) in [7, 11) is 0. The number of nitrogens with zero attached hydrogens (tertiary/aromatic N) is 1. The number of carbonyl (C=O) groups is 1. The summed E-state index contributed by atoms with van der Waals surface area (Å²) in [5.74, 6) is 0.664. The predicted octanol–water partition coefficient (Wildman–Crippen LogP) is 5.66. The SMILES string of the molecule is Cc1c(COc2ccc(/C=C(\C#N)C(=O)O)cc2Cl)cccc1-c1ccc2c(c1)OCCO2. The van der Waals surface area contributed by atoms with Crippen LogP contribution in [-0.2, 0) is 11.4 Å². The van der Waals surface area contributed by atoms with Gasteiger partial charge >= 0.3 is 5.97 Å². The Balaban J connectivity index is 1.53. The molecule has 1 aliphatic heterocycles. The topological polar surface area (TPSA) is 88.8 Å². The van der Waals surface area contributed by atoms with Crippen LogP contribution in [-0.4, -0.2) is 24.3 Å². The molecule has 0 amide bonds. The number of rotatable bonds is 6. The number of aliphatic carboxylic acids is 1. The number of fused-ring (bicyclic) bond motifs is 1. The maximum Gasteiger partial charge on any atom is 0.346 e. The molecule has 0 aromatic heterocycles. The second-order valence-electron chi connectivity index (χ2n) is 7.40. The lowest BCUT2D eigenvalue weighted by atomic mass is 9.96. The fraction of sp³-hybridized carbons (Fsp3) is 0.154. The van der Waals surface area contributed by atoms with E-state index in [0.717, 1.165) is 33.8 Å². The van der Waals surface area contributed by atoms with Gasteiger partial charge in [-0.3, -0.25) is 0 Å². The van der Waals surface area contributed by atoms with Crippen molar-refractivity contribution in [2.45, 2.75) is 13.5 Å². The lowest BCUT2D eigenvalue weighted by molar-refractivity contribution is -0.132. The molecule has 1 heterocycles. The Morgan fingerprint density at radius 3 is 2.67 bits per heavy atom. The van der Waals surface area contributed by atoms with E-state index in [4.69, 9.17) is 36.2 Å². The largest absolute Gasteiger partial charge is 0.487 e. The second-order valence-corrected chi connectivity index (χ2v) is 7.81. The normalized spacial score (nSPS) is 12.7. The molecule has 1 aliphatic rings. The summed E-state index contributed by atoms with van der Waals surface area (Å²) >= 11 is 6.33. The van der Waals surface area contributed by atoms with E-state index in [2.05, 4.69) is 0 Å². The molecule has 0 radical (unpaired) electrons. The number of carboxylic acids is 1. The smallest absolute Gasteiger partial charge is 0.346 e. The van der Waals surface area contributed by atoms with Crippen LogP contribution in [0.25, 0.3) is 17.2 Å². The second kappa shape index (κ2) is 9.68. The van der Waals surface area contributed by atoms with Crippen molar-refractivity contribution in [2.24, 2.45) is 0 Å². The van der Waals surface area contributed by atoms with Crippen LogP contribution in [0, 0.1) is 18.3 Å². The van der Waals surface area contributed by atoms with Gasteiger partial charge in [0, 0.05) is 0 Å². The first-order valence-corrected chi connectivity index (χ1v) is 10.6. The van der Waals surface area contributed by atoms with Crippen molar-refractivity contribution in [1.82, 2.24) is 0 Å². The predicted molar refractivity (Wildman–Crippen MR) is 125 cm³/mol. The minimum absolute atomic E-state index is 0.303. The van der Waals surface area contributed by atoms with Gasteiger partial charge in [0.15, 0.2) is 11.5 Å². The van der Waals surface area contributed by atoms with E-state index < -0.39 is 5.97 Å². The van der Waals surface area contributed by atoms with Gasteiger partial charge in [-0.15, -0.1) is 0 Å². The standard InChI is InChI=1S/C26H20ClNO5/c1-16-19(3-2-4-21(16)18-6-8-24-25(13-18)32-10-9-31-24)15-33-23-7-5-17(12-22(23)27)11-20(14-28)26(29)30/h2-8,11-13H,9-10,15H2,1H3,(H,29,30)/b20-11+. The third-order valence-corrected chi connectivity index (χ3v) is 5.60. The highest BCUT2D eigenvalue weighted by Gasteiger charge is 2.15. The molecule has 166 valence electrons. The van der Waals surface area contributed by atoms with Crippen LogP contribution in [0.15, 0.2) is 60.2 Å². The summed E-state index contributed by atoms with van der Waals surface area (Å²) in [6, 6.07) is 18.5. The number of benzene rings is 3. The average molecular weight is 462 g/mol. The first-order chi connectivity index (χ1) is 16.0. The first-order valence-electron chi connectivity index (χ1n) is 10.2. The molecular formula is C26H20ClNO5. The number of hydrogen-bond acceptors (Lipinski definition) is 5. The zero-order valence-electron chi connectivity index (χ0n) is 17.8. The molecule has 0 atom stereocenters. The van der Waals surface area contributed by atoms with Crippen LogP contribution < -0.4 is 14.2 Å². The maximum absolute atomic E-state index is 11.0. The van der Waals surface area contributed by atoms with Crippen molar-refractivity contribution in [3.63, 3.8) is 0 Å². The van der Waals surface area contributed by atoms with Crippen molar-refractivity contribution < 1.29 is 24.1 Å². The lowest BCUT2D eigenvalue weighted by Crippen LogP contribution is -2.15. The Morgan fingerprint density at radius 2 is 1.94 bits per heavy atom. The van der Waals surface area contributed by atoms with Gasteiger partial charge in [0.1, 0.15) is 37.2 Å². The van der Waals surface area contributed by atoms with Gasteiger partial charge in [-0.1, -0.05) is 41.9 Å². The Bertz CT molecular complexity index is 1290. The van der Waals surface area contributed by atoms with Gasteiger partial charge in [-0.05, 0) is 65.1 Å². The van der Waals surface area contributed by atoms with Gasteiger partial charge in [0.2, 0.25) is 0 Å². The summed E-state index contributed by atoms with van der Waals surface area (Å²) in [5.41, 5.74) is 4.30. The molecule has 0 fully saturated rings. The van der Waals surface area contributed by atoms with Gasteiger partial charge in [0.25, 0.3) is 0 Å². The number of halogens is 1. The molecular weight excluding hydrogens is 442 g/mol. The van der Waals surface area contributed by atoms with Crippen LogP contribution >= 0.6 is 11.6 Å². The third kappa shape index (κ3) is 4.94. The van der Waals surface area contributed by atoms with E-state index in [-0.39, 0.29) is 5.57 Å². The highest BCUT2D eigenvalue weighted by molar-refractivity contribution is 6.32. The van der Waals surface area contributed by atoms with Gasteiger partial charge in [-0.2, -0.15) is 5.26 Å². The Kier molecular flexibility index (Phi) is 6.53. The van der Waals surface area contributed by atoms with Crippen LogP contribution in [0.5, 0.6) is 17.2 Å². The highest BCUT2D eigenvalue weighted by atomic mass is 35.5. The number of nitriles is 1. The molecule has 0 spiro atoms. The highest BCUT2D eigenvalue weighted by Crippen LogP contribution is 2.36. The summed E-state index contributed by atoms with van der Waals surface area (Å²) in [6.45, 7) is 3.43. The third-order valence-electron chi connectivity index (χ3n) is 5.30. The van der Waals surface area contributed by atoms with Crippen LogP contribution in [0.2, 0.25) is 5.02 Å². The number of ether oxygens (including phenoxy) is 3. The molecule has 0 bridgehead atoms. The van der Waals surface area contributed by atoms with Crippen molar-refractivity contribution in [3.8, 4) is 34.4 Å². The minimum atomic E-state index is -1.29. The molecule has 3 aromatic carbocycles. The lowest BCUT2D eigenvalue weighted by Gasteiger charge is -2.20. The monoisotopic (exact) mass is 461 g/mol.